The molecule has 0 unspecified atom stereocenters. The minimum absolute atomic E-state index is 0.0245. The highest BCUT2D eigenvalue weighted by atomic mass is 32.1. The SMILES string of the molecule is Cc1ncc(-c2cn(-c3cc(NC(=O)c4cc(OC(F)(F)F)cc(N5CCN(C)CC5)c4)cnc3C)nn2)s1. The molecule has 1 N–H and O–H groups in total. The Labute approximate surface area is 226 Å². The summed E-state index contributed by atoms with van der Waals surface area (Å²) in [6, 6.07) is 5.61. The zero-order valence-electron chi connectivity index (χ0n) is 21.4. The van der Waals surface area contributed by atoms with Crippen LogP contribution in [0.3, 0.4) is 0 Å². The maximum Gasteiger partial charge on any atom is 0.573 e. The van der Waals surface area contributed by atoms with Crippen molar-refractivity contribution >= 4 is 28.6 Å². The van der Waals surface area contributed by atoms with Gasteiger partial charge in [-0.15, -0.1) is 29.6 Å². The van der Waals surface area contributed by atoms with Gasteiger partial charge in [-0.05, 0) is 39.1 Å². The lowest BCUT2D eigenvalue weighted by Gasteiger charge is -2.34. The van der Waals surface area contributed by atoms with Crippen molar-refractivity contribution in [1.82, 2.24) is 29.9 Å². The number of aromatic nitrogens is 5. The Morgan fingerprint density at radius 2 is 1.82 bits per heavy atom. The van der Waals surface area contributed by atoms with E-state index >= 15 is 0 Å². The lowest BCUT2D eigenvalue weighted by Crippen LogP contribution is -2.44. The molecule has 3 aromatic heterocycles. The van der Waals surface area contributed by atoms with Gasteiger partial charge in [-0.1, -0.05) is 5.21 Å². The molecule has 39 heavy (non-hydrogen) atoms. The first-order valence-corrected chi connectivity index (χ1v) is 12.8. The number of amides is 1. The van der Waals surface area contributed by atoms with Crippen molar-refractivity contribution in [3.8, 4) is 22.0 Å². The first kappa shape index (κ1) is 26.6. The first-order chi connectivity index (χ1) is 18.5. The highest BCUT2D eigenvalue weighted by molar-refractivity contribution is 7.15. The number of benzene rings is 1. The number of rotatable bonds is 6. The zero-order chi connectivity index (χ0) is 27.7. The third kappa shape index (κ3) is 6.34. The molecule has 0 saturated carbocycles. The van der Waals surface area contributed by atoms with Crippen molar-refractivity contribution in [2.75, 3.05) is 43.4 Å². The summed E-state index contributed by atoms with van der Waals surface area (Å²) in [5, 5.41) is 12.0. The second kappa shape index (κ2) is 10.6. The molecule has 1 saturated heterocycles. The molecule has 4 heterocycles. The van der Waals surface area contributed by atoms with Crippen LogP contribution in [0.5, 0.6) is 5.75 Å². The monoisotopic (exact) mass is 558 g/mol. The van der Waals surface area contributed by atoms with E-state index in [9.17, 15) is 18.0 Å². The quantitative estimate of drug-likeness (QED) is 0.374. The van der Waals surface area contributed by atoms with E-state index in [0.717, 1.165) is 29.0 Å². The van der Waals surface area contributed by atoms with Crippen LogP contribution >= 0.6 is 11.3 Å². The lowest BCUT2D eigenvalue weighted by molar-refractivity contribution is -0.274. The third-order valence-electron chi connectivity index (χ3n) is 6.19. The third-order valence-corrected chi connectivity index (χ3v) is 7.12. The smallest absolute Gasteiger partial charge is 0.406 e. The predicted octanol–water partition coefficient (Wildman–Crippen LogP) is 4.31. The number of aryl methyl sites for hydroxylation is 2. The first-order valence-electron chi connectivity index (χ1n) is 12.0. The van der Waals surface area contributed by atoms with E-state index in [0.29, 0.717) is 41.5 Å². The Balaban J connectivity index is 1.40. The summed E-state index contributed by atoms with van der Waals surface area (Å²) in [5.74, 6) is -1.06. The molecule has 1 fully saturated rings. The Morgan fingerprint density at radius 1 is 1.05 bits per heavy atom. The Kier molecular flexibility index (Phi) is 7.23. The van der Waals surface area contributed by atoms with Gasteiger partial charge in [-0.25, -0.2) is 9.67 Å². The molecule has 1 aromatic carbocycles. The molecule has 0 spiro atoms. The molecular formula is C25H25F3N8O2S. The van der Waals surface area contributed by atoms with Gasteiger partial charge >= 0.3 is 6.36 Å². The molecule has 0 atom stereocenters. The van der Waals surface area contributed by atoms with Crippen LogP contribution in [0.15, 0.2) is 42.9 Å². The van der Waals surface area contributed by atoms with Crippen molar-refractivity contribution < 1.29 is 22.7 Å². The predicted molar refractivity (Wildman–Crippen MR) is 141 cm³/mol. The van der Waals surface area contributed by atoms with Gasteiger partial charge < -0.3 is 19.9 Å². The van der Waals surface area contributed by atoms with Gasteiger partial charge in [0.2, 0.25) is 0 Å². The maximum atomic E-state index is 13.2. The van der Waals surface area contributed by atoms with Crippen molar-refractivity contribution in [1.29, 1.82) is 0 Å². The Bertz CT molecular complexity index is 1490. The summed E-state index contributed by atoms with van der Waals surface area (Å²) in [4.78, 5) is 26.7. The molecule has 204 valence electrons. The van der Waals surface area contributed by atoms with Gasteiger partial charge in [0.1, 0.15) is 11.4 Å². The van der Waals surface area contributed by atoms with Crippen molar-refractivity contribution in [3.63, 3.8) is 0 Å². The largest absolute Gasteiger partial charge is 0.573 e. The molecule has 5 rings (SSSR count). The summed E-state index contributed by atoms with van der Waals surface area (Å²) in [5.41, 5.74) is 2.72. The summed E-state index contributed by atoms with van der Waals surface area (Å²) in [6.07, 6.45) is 0.0450. The van der Waals surface area contributed by atoms with Gasteiger partial charge in [0.05, 0.1) is 39.3 Å². The highest BCUT2D eigenvalue weighted by Gasteiger charge is 2.32. The van der Waals surface area contributed by atoms with Crippen LogP contribution in [0.4, 0.5) is 24.5 Å². The number of ether oxygens (including phenoxy) is 1. The average Bonchev–Trinajstić information content (AvgIpc) is 3.53. The summed E-state index contributed by atoms with van der Waals surface area (Å²) >= 11 is 1.49. The molecule has 1 aliphatic rings. The van der Waals surface area contributed by atoms with E-state index in [1.54, 1.807) is 36.1 Å². The van der Waals surface area contributed by atoms with Gasteiger partial charge in [-0.3, -0.25) is 9.78 Å². The summed E-state index contributed by atoms with van der Waals surface area (Å²) < 4.78 is 44.8. The van der Waals surface area contributed by atoms with E-state index in [4.69, 9.17) is 0 Å². The molecule has 10 nitrogen and oxygen atoms in total. The van der Waals surface area contributed by atoms with E-state index in [2.05, 4.69) is 35.2 Å². The number of halogens is 3. The second-order valence-corrected chi connectivity index (χ2v) is 10.4. The highest BCUT2D eigenvalue weighted by Crippen LogP contribution is 2.30. The standard InChI is InChI=1S/C25H25F3N8O2S/c1-15-22(36-14-21(32-33-36)23-13-30-16(2)39-23)10-18(12-29-15)31-24(37)17-8-19(35-6-4-34(3)5-7-35)11-20(9-17)38-25(26,27)28/h8-14H,4-7H2,1-3H3,(H,31,37). The fourth-order valence-corrected chi connectivity index (χ4v) is 4.88. The number of anilines is 2. The number of nitrogens with one attached hydrogen (secondary N) is 1. The Hall–Kier alpha value is -4.04. The minimum Gasteiger partial charge on any atom is -0.406 e. The number of hydrogen-bond acceptors (Lipinski definition) is 9. The molecule has 1 amide bonds. The van der Waals surface area contributed by atoms with Crippen molar-refractivity contribution in [3.05, 3.63) is 59.1 Å². The van der Waals surface area contributed by atoms with Crippen LogP contribution in [-0.4, -0.2) is 75.4 Å². The van der Waals surface area contributed by atoms with Crippen molar-refractivity contribution in [2.45, 2.75) is 20.2 Å². The number of carbonyl (C=O) groups is 1. The fraction of sp³-hybridized carbons (Fsp3) is 0.320. The van der Waals surface area contributed by atoms with Crippen LogP contribution in [0.2, 0.25) is 0 Å². The molecule has 4 aromatic rings. The van der Waals surface area contributed by atoms with Crippen LogP contribution in [0.1, 0.15) is 21.1 Å². The van der Waals surface area contributed by atoms with Crippen LogP contribution in [-0.2, 0) is 0 Å². The zero-order valence-corrected chi connectivity index (χ0v) is 22.2. The maximum absolute atomic E-state index is 13.2. The molecule has 0 aliphatic carbocycles. The van der Waals surface area contributed by atoms with Gasteiger partial charge in [0.15, 0.2) is 0 Å². The topological polar surface area (TPSA) is 101 Å². The van der Waals surface area contributed by atoms with E-state index < -0.39 is 18.0 Å². The molecule has 0 bridgehead atoms. The van der Waals surface area contributed by atoms with Gasteiger partial charge in [-0.2, -0.15) is 0 Å². The Morgan fingerprint density at radius 3 is 2.51 bits per heavy atom. The molecule has 14 heteroatoms. The number of pyridine rings is 1. The number of likely N-dealkylation sites (N-methyl/N-ethyl adjacent to an activating group) is 1. The molecular weight excluding hydrogens is 533 g/mol. The lowest BCUT2D eigenvalue weighted by atomic mass is 10.1. The minimum atomic E-state index is -4.89. The van der Waals surface area contributed by atoms with Crippen molar-refractivity contribution in [2.24, 2.45) is 0 Å². The molecule has 1 aliphatic heterocycles. The number of alkyl halides is 3. The number of thiazole rings is 1. The summed E-state index contributed by atoms with van der Waals surface area (Å²) in [6.45, 7) is 6.41. The normalized spacial score (nSPS) is 14.5. The van der Waals surface area contributed by atoms with Gasteiger partial charge in [0.25, 0.3) is 5.91 Å². The average molecular weight is 559 g/mol. The van der Waals surface area contributed by atoms with Crippen LogP contribution in [0.25, 0.3) is 16.3 Å². The number of nitrogens with zero attached hydrogens (tertiary/aromatic N) is 7. The molecule has 0 radical (unpaired) electrons. The number of carbonyl (C=O) groups excluding carboxylic acids is 1. The van der Waals surface area contributed by atoms with Gasteiger partial charge in [0, 0.05) is 49.7 Å². The van der Waals surface area contributed by atoms with E-state index in [-0.39, 0.29) is 5.56 Å². The fourth-order valence-electron chi connectivity index (χ4n) is 4.15. The second-order valence-electron chi connectivity index (χ2n) is 9.13. The number of hydrogen-bond donors (Lipinski definition) is 1. The summed E-state index contributed by atoms with van der Waals surface area (Å²) in [7, 11) is 1.98. The van der Waals surface area contributed by atoms with E-state index in [1.165, 1.54) is 23.6 Å². The number of piperazine rings is 1. The van der Waals surface area contributed by atoms with Crippen LogP contribution < -0.4 is 15.0 Å². The van der Waals surface area contributed by atoms with E-state index in [1.807, 2.05) is 18.9 Å². The van der Waals surface area contributed by atoms with Crippen LogP contribution in [0, 0.1) is 13.8 Å².